The molecular formula is C18H31N3. The van der Waals surface area contributed by atoms with Crippen LogP contribution in [0.5, 0.6) is 0 Å². The minimum Gasteiger partial charge on any atom is -0.314 e. The third-order valence-corrected chi connectivity index (χ3v) is 4.39. The van der Waals surface area contributed by atoms with Crippen LogP contribution >= 0.6 is 0 Å². The van der Waals surface area contributed by atoms with Crippen LogP contribution in [0.2, 0.25) is 0 Å². The molecule has 1 heterocycles. The van der Waals surface area contributed by atoms with Gasteiger partial charge < -0.3 is 5.32 Å². The van der Waals surface area contributed by atoms with Gasteiger partial charge in [-0.2, -0.15) is 0 Å². The number of benzene rings is 1. The van der Waals surface area contributed by atoms with Gasteiger partial charge in [-0.15, -0.1) is 0 Å². The van der Waals surface area contributed by atoms with E-state index in [-0.39, 0.29) is 0 Å². The predicted octanol–water partition coefficient (Wildman–Crippen LogP) is 2.61. The maximum Gasteiger partial charge on any atom is 0.0348 e. The molecule has 1 N–H and O–H groups in total. The first-order valence-electron chi connectivity index (χ1n) is 8.35. The largest absolute Gasteiger partial charge is 0.314 e. The lowest BCUT2D eigenvalue weighted by Crippen LogP contribution is -2.46. The van der Waals surface area contributed by atoms with Crippen molar-refractivity contribution in [3.8, 4) is 0 Å². The van der Waals surface area contributed by atoms with E-state index < -0.39 is 0 Å². The van der Waals surface area contributed by atoms with E-state index in [9.17, 15) is 0 Å². The van der Waals surface area contributed by atoms with E-state index in [1.165, 1.54) is 31.6 Å². The Bertz CT molecular complexity index is 385. The molecule has 0 saturated carbocycles. The monoisotopic (exact) mass is 289 g/mol. The second-order valence-corrected chi connectivity index (χ2v) is 6.63. The van der Waals surface area contributed by atoms with Gasteiger partial charge in [-0.1, -0.05) is 44.2 Å². The second-order valence-electron chi connectivity index (χ2n) is 6.63. The van der Waals surface area contributed by atoms with E-state index in [1.54, 1.807) is 0 Å². The third kappa shape index (κ3) is 5.42. The molecule has 1 aliphatic rings. The van der Waals surface area contributed by atoms with Crippen LogP contribution in [0.3, 0.4) is 0 Å². The molecule has 0 radical (unpaired) electrons. The SMILES string of the molecule is CC(C)CC(c1ccccc1)N(C)CCN1CCNCC1. The molecule has 0 aliphatic carbocycles. The highest BCUT2D eigenvalue weighted by molar-refractivity contribution is 5.19. The zero-order valence-corrected chi connectivity index (χ0v) is 13.9. The zero-order chi connectivity index (χ0) is 15.1. The van der Waals surface area contributed by atoms with Crippen molar-refractivity contribution in [3.63, 3.8) is 0 Å². The van der Waals surface area contributed by atoms with E-state index >= 15 is 0 Å². The maximum atomic E-state index is 3.42. The van der Waals surface area contributed by atoms with Crippen LogP contribution < -0.4 is 5.32 Å². The van der Waals surface area contributed by atoms with Gasteiger partial charge in [0.25, 0.3) is 0 Å². The lowest BCUT2D eigenvalue weighted by atomic mass is 9.96. The van der Waals surface area contributed by atoms with Crippen LogP contribution in [0.15, 0.2) is 30.3 Å². The lowest BCUT2D eigenvalue weighted by Gasteiger charge is -2.33. The van der Waals surface area contributed by atoms with Gasteiger partial charge in [-0.25, -0.2) is 0 Å². The van der Waals surface area contributed by atoms with Crippen LogP contribution in [-0.4, -0.2) is 56.1 Å². The summed E-state index contributed by atoms with van der Waals surface area (Å²) >= 11 is 0. The van der Waals surface area contributed by atoms with Crippen molar-refractivity contribution in [1.82, 2.24) is 15.1 Å². The number of rotatable bonds is 7. The minimum atomic E-state index is 0.536. The Labute approximate surface area is 130 Å². The average Bonchev–Trinajstić information content (AvgIpc) is 2.52. The fourth-order valence-corrected chi connectivity index (χ4v) is 3.08. The zero-order valence-electron chi connectivity index (χ0n) is 13.9. The first-order chi connectivity index (χ1) is 10.2. The Morgan fingerprint density at radius 1 is 1.14 bits per heavy atom. The smallest absolute Gasteiger partial charge is 0.0348 e. The number of nitrogens with zero attached hydrogens (tertiary/aromatic N) is 2. The minimum absolute atomic E-state index is 0.536. The van der Waals surface area contributed by atoms with Crippen molar-refractivity contribution < 1.29 is 0 Å². The lowest BCUT2D eigenvalue weighted by molar-refractivity contribution is 0.164. The Kier molecular flexibility index (Phi) is 6.68. The van der Waals surface area contributed by atoms with Gasteiger partial charge >= 0.3 is 0 Å². The van der Waals surface area contributed by atoms with Crippen molar-refractivity contribution in [2.24, 2.45) is 5.92 Å². The van der Waals surface area contributed by atoms with Crippen LogP contribution in [0.4, 0.5) is 0 Å². The Morgan fingerprint density at radius 3 is 2.43 bits per heavy atom. The summed E-state index contributed by atoms with van der Waals surface area (Å²) in [5.41, 5.74) is 1.45. The van der Waals surface area contributed by atoms with E-state index in [0.29, 0.717) is 6.04 Å². The highest BCUT2D eigenvalue weighted by Crippen LogP contribution is 2.26. The van der Waals surface area contributed by atoms with Crippen LogP contribution in [-0.2, 0) is 0 Å². The Hall–Kier alpha value is -0.900. The van der Waals surface area contributed by atoms with E-state index in [4.69, 9.17) is 0 Å². The van der Waals surface area contributed by atoms with Crippen LogP contribution in [0, 0.1) is 5.92 Å². The quantitative estimate of drug-likeness (QED) is 0.832. The standard InChI is InChI=1S/C18H31N3/c1-16(2)15-18(17-7-5-4-6-8-17)20(3)13-14-21-11-9-19-10-12-21/h4-8,16,18-19H,9-15H2,1-3H3. The summed E-state index contributed by atoms with van der Waals surface area (Å²) in [6.45, 7) is 11.6. The van der Waals surface area contributed by atoms with Crippen molar-refractivity contribution in [1.29, 1.82) is 0 Å². The molecule has 1 aliphatic heterocycles. The van der Waals surface area contributed by atoms with Gasteiger partial charge in [0.05, 0.1) is 0 Å². The average molecular weight is 289 g/mol. The number of piperazine rings is 1. The summed E-state index contributed by atoms with van der Waals surface area (Å²) in [7, 11) is 2.28. The highest BCUT2D eigenvalue weighted by atomic mass is 15.2. The van der Waals surface area contributed by atoms with Gasteiger partial charge in [0.2, 0.25) is 0 Å². The molecule has 21 heavy (non-hydrogen) atoms. The molecule has 118 valence electrons. The molecule has 1 fully saturated rings. The summed E-state index contributed by atoms with van der Waals surface area (Å²) in [6, 6.07) is 11.5. The molecule has 0 spiro atoms. The van der Waals surface area contributed by atoms with Crippen molar-refractivity contribution in [2.45, 2.75) is 26.3 Å². The molecule has 0 aromatic heterocycles. The van der Waals surface area contributed by atoms with E-state index in [2.05, 4.69) is 66.3 Å². The predicted molar refractivity (Wildman–Crippen MR) is 90.6 cm³/mol. The third-order valence-electron chi connectivity index (χ3n) is 4.39. The summed E-state index contributed by atoms with van der Waals surface area (Å²) in [6.07, 6.45) is 1.22. The first-order valence-corrected chi connectivity index (χ1v) is 8.35. The Morgan fingerprint density at radius 2 is 1.81 bits per heavy atom. The van der Waals surface area contributed by atoms with Gasteiger partial charge in [-0.05, 0) is 24.9 Å². The number of hydrogen-bond donors (Lipinski definition) is 1. The summed E-state index contributed by atoms with van der Waals surface area (Å²) in [5, 5.41) is 3.42. The van der Waals surface area contributed by atoms with Gasteiger partial charge in [-0.3, -0.25) is 9.80 Å². The molecular weight excluding hydrogens is 258 g/mol. The second kappa shape index (κ2) is 8.52. The molecule has 0 bridgehead atoms. The molecule has 3 heteroatoms. The fourth-order valence-electron chi connectivity index (χ4n) is 3.08. The number of hydrogen-bond acceptors (Lipinski definition) is 3. The molecule has 1 atom stereocenters. The molecule has 1 aromatic rings. The topological polar surface area (TPSA) is 18.5 Å². The molecule has 2 rings (SSSR count). The van der Waals surface area contributed by atoms with Crippen LogP contribution in [0.1, 0.15) is 31.9 Å². The Balaban J connectivity index is 1.92. The van der Waals surface area contributed by atoms with Gasteiger partial charge in [0.1, 0.15) is 0 Å². The normalized spacial score (nSPS) is 18.3. The molecule has 1 saturated heterocycles. The summed E-state index contributed by atoms with van der Waals surface area (Å²) < 4.78 is 0. The van der Waals surface area contributed by atoms with Crippen molar-refractivity contribution >= 4 is 0 Å². The molecule has 1 unspecified atom stereocenters. The first kappa shape index (κ1) is 16.5. The van der Waals surface area contributed by atoms with Crippen molar-refractivity contribution in [3.05, 3.63) is 35.9 Å². The number of likely N-dealkylation sites (N-methyl/N-ethyl adjacent to an activating group) is 1. The van der Waals surface area contributed by atoms with Gasteiger partial charge in [0, 0.05) is 45.3 Å². The number of nitrogens with one attached hydrogen (secondary N) is 1. The van der Waals surface area contributed by atoms with E-state index in [0.717, 1.165) is 25.6 Å². The molecule has 0 amide bonds. The van der Waals surface area contributed by atoms with Crippen molar-refractivity contribution in [2.75, 3.05) is 46.3 Å². The van der Waals surface area contributed by atoms with Gasteiger partial charge in [0.15, 0.2) is 0 Å². The summed E-state index contributed by atoms with van der Waals surface area (Å²) in [4.78, 5) is 5.11. The molecule has 1 aromatic carbocycles. The maximum absolute atomic E-state index is 3.42. The summed E-state index contributed by atoms with van der Waals surface area (Å²) in [5.74, 6) is 0.719. The fraction of sp³-hybridized carbons (Fsp3) is 0.667. The molecule has 3 nitrogen and oxygen atoms in total. The van der Waals surface area contributed by atoms with Crippen LogP contribution in [0.25, 0.3) is 0 Å². The highest BCUT2D eigenvalue weighted by Gasteiger charge is 2.19. The van der Waals surface area contributed by atoms with E-state index in [1.807, 2.05) is 0 Å².